The SMILES string of the molecule is N#CC1CCOC(=O)N1C1CCS(=O)(=O)C1. The van der Waals surface area contributed by atoms with Crippen molar-refractivity contribution in [2.45, 2.75) is 24.9 Å². The van der Waals surface area contributed by atoms with Crippen LogP contribution >= 0.6 is 0 Å². The van der Waals surface area contributed by atoms with E-state index in [1.807, 2.05) is 6.07 Å². The van der Waals surface area contributed by atoms with Gasteiger partial charge in [-0.1, -0.05) is 0 Å². The van der Waals surface area contributed by atoms with Crippen molar-refractivity contribution in [2.24, 2.45) is 0 Å². The third-order valence-electron chi connectivity index (χ3n) is 2.91. The molecule has 16 heavy (non-hydrogen) atoms. The number of nitrogens with zero attached hydrogens (tertiary/aromatic N) is 2. The second kappa shape index (κ2) is 3.94. The summed E-state index contributed by atoms with van der Waals surface area (Å²) in [6.45, 7) is 0.229. The maximum atomic E-state index is 11.5. The van der Waals surface area contributed by atoms with Gasteiger partial charge in [0.25, 0.3) is 0 Å². The highest BCUT2D eigenvalue weighted by Crippen LogP contribution is 2.24. The highest BCUT2D eigenvalue weighted by molar-refractivity contribution is 7.91. The Hall–Kier alpha value is -1.29. The van der Waals surface area contributed by atoms with E-state index in [2.05, 4.69) is 0 Å². The standard InChI is InChI=1S/C9H12N2O4S/c10-5-7-1-3-15-9(12)11(7)8-2-4-16(13,14)6-8/h7-8H,1-4,6H2. The average Bonchev–Trinajstić information content (AvgIpc) is 2.58. The van der Waals surface area contributed by atoms with Crippen LogP contribution < -0.4 is 0 Å². The topological polar surface area (TPSA) is 87.5 Å². The summed E-state index contributed by atoms with van der Waals surface area (Å²) in [5.74, 6) is 0.0277. The fourth-order valence-electron chi connectivity index (χ4n) is 2.12. The lowest BCUT2D eigenvalue weighted by Crippen LogP contribution is -2.51. The minimum atomic E-state index is -3.06. The van der Waals surface area contributed by atoms with E-state index in [0.29, 0.717) is 12.8 Å². The highest BCUT2D eigenvalue weighted by atomic mass is 32.2. The molecule has 2 aliphatic rings. The van der Waals surface area contributed by atoms with Gasteiger partial charge in [0.05, 0.1) is 30.2 Å². The first-order chi connectivity index (χ1) is 7.53. The van der Waals surface area contributed by atoms with Gasteiger partial charge in [-0.2, -0.15) is 5.26 Å². The third-order valence-corrected chi connectivity index (χ3v) is 4.66. The van der Waals surface area contributed by atoms with Crippen LogP contribution in [0.2, 0.25) is 0 Å². The third kappa shape index (κ3) is 1.97. The molecule has 2 unspecified atom stereocenters. The Bertz CT molecular complexity index is 439. The molecule has 0 aromatic carbocycles. The van der Waals surface area contributed by atoms with Crippen LogP contribution in [0.5, 0.6) is 0 Å². The van der Waals surface area contributed by atoms with Crippen molar-refractivity contribution in [1.82, 2.24) is 4.90 Å². The van der Waals surface area contributed by atoms with Crippen molar-refractivity contribution in [2.75, 3.05) is 18.1 Å². The molecule has 88 valence electrons. The zero-order valence-corrected chi connectivity index (χ0v) is 9.44. The lowest BCUT2D eigenvalue weighted by molar-refractivity contribution is 0.0431. The minimum Gasteiger partial charge on any atom is -0.449 e. The molecule has 2 fully saturated rings. The normalized spacial score (nSPS) is 33.2. The van der Waals surface area contributed by atoms with Crippen LogP contribution in [0, 0.1) is 11.3 Å². The van der Waals surface area contributed by atoms with Gasteiger partial charge in [-0.25, -0.2) is 13.2 Å². The summed E-state index contributed by atoms with van der Waals surface area (Å²) < 4.78 is 27.5. The van der Waals surface area contributed by atoms with Crippen molar-refractivity contribution in [3.8, 4) is 6.07 Å². The van der Waals surface area contributed by atoms with Crippen LogP contribution in [-0.2, 0) is 14.6 Å². The fourth-order valence-corrected chi connectivity index (χ4v) is 3.84. The summed E-state index contributed by atoms with van der Waals surface area (Å²) in [5, 5.41) is 8.92. The largest absolute Gasteiger partial charge is 0.449 e. The van der Waals surface area contributed by atoms with Gasteiger partial charge >= 0.3 is 6.09 Å². The maximum absolute atomic E-state index is 11.5. The Morgan fingerprint density at radius 2 is 2.19 bits per heavy atom. The summed E-state index contributed by atoms with van der Waals surface area (Å²) >= 11 is 0. The van der Waals surface area contributed by atoms with E-state index in [0.717, 1.165) is 0 Å². The summed E-state index contributed by atoms with van der Waals surface area (Å²) in [5.41, 5.74) is 0. The zero-order chi connectivity index (χ0) is 11.8. The number of sulfone groups is 1. The van der Waals surface area contributed by atoms with Gasteiger partial charge in [0, 0.05) is 6.42 Å². The number of cyclic esters (lactones) is 1. The smallest absolute Gasteiger partial charge is 0.411 e. The molecule has 2 heterocycles. The molecule has 2 saturated heterocycles. The first-order valence-electron chi connectivity index (χ1n) is 5.08. The van der Waals surface area contributed by atoms with Crippen LogP contribution in [0.15, 0.2) is 0 Å². The molecule has 0 aliphatic carbocycles. The van der Waals surface area contributed by atoms with E-state index in [4.69, 9.17) is 10.00 Å². The van der Waals surface area contributed by atoms with Crippen molar-refractivity contribution in [3.63, 3.8) is 0 Å². The maximum Gasteiger partial charge on any atom is 0.411 e. The molecule has 7 heteroatoms. The molecule has 0 saturated carbocycles. The van der Waals surface area contributed by atoms with Crippen molar-refractivity contribution >= 4 is 15.9 Å². The van der Waals surface area contributed by atoms with E-state index in [9.17, 15) is 13.2 Å². The predicted octanol–water partition coefficient (Wildman–Crippen LogP) is -0.0920. The monoisotopic (exact) mass is 244 g/mol. The molecule has 1 amide bonds. The molecule has 0 N–H and O–H groups in total. The van der Waals surface area contributed by atoms with Crippen molar-refractivity contribution < 1.29 is 17.9 Å². The molecule has 0 spiro atoms. The lowest BCUT2D eigenvalue weighted by atomic mass is 10.1. The number of hydrogen-bond acceptors (Lipinski definition) is 5. The van der Waals surface area contributed by atoms with Gasteiger partial charge in [-0.05, 0) is 6.42 Å². The summed E-state index contributed by atoms with van der Waals surface area (Å²) in [6, 6.07) is 1.06. The lowest BCUT2D eigenvalue weighted by Gasteiger charge is -2.34. The summed E-state index contributed by atoms with van der Waals surface area (Å²) in [6.07, 6.45) is 0.272. The number of ether oxygens (including phenoxy) is 1. The van der Waals surface area contributed by atoms with E-state index in [1.54, 1.807) is 0 Å². The number of nitriles is 1. The van der Waals surface area contributed by atoms with Gasteiger partial charge in [0.15, 0.2) is 9.84 Å². The van der Waals surface area contributed by atoms with Gasteiger partial charge in [0.2, 0.25) is 0 Å². The van der Waals surface area contributed by atoms with Crippen LogP contribution in [0.1, 0.15) is 12.8 Å². The molecular weight excluding hydrogens is 232 g/mol. The van der Waals surface area contributed by atoms with Gasteiger partial charge < -0.3 is 4.74 Å². The van der Waals surface area contributed by atoms with E-state index in [-0.39, 0.29) is 18.1 Å². The van der Waals surface area contributed by atoms with E-state index in [1.165, 1.54) is 4.90 Å². The number of hydrogen-bond donors (Lipinski definition) is 0. The van der Waals surface area contributed by atoms with Gasteiger partial charge in [-0.15, -0.1) is 0 Å². The first kappa shape index (κ1) is 11.2. The molecule has 0 bridgehead atoms. The fraction of sp³-hybridized carbons (Fsp3) is 0.778. The van der Waals surface area contributed by atoms with Gasteiger partial charge in [0.1, 0.15) is 6.04 Å². The molecular formula is C9H12N2O4S. The molecule has 2 atom stereocenters. The quantitative estimate of drug-likeness (QED) is 0.643. The van der Waals surface area contributed by atoms with Crippen LogP contribution in [0.3, 0.4) is 0 Å². The Balaban J connectivity index is 2.18. The molecule has 6 nitrogen and oxygen atoms in total. The summed E-state index contributed by atoms with van der Waals surface area (Å²) in [4.78, 5) is 12.8. The molecule has 2 rings (SSSR count). The molecule has 0 radical (unpaired) electrons. The van der Waals surface area contributed by atoms with Gasteiger partial charge in [-0.3, -0.25) is 4.90 Å². The summed E-state index contributed by atoms with van der Waals surface area (Å²) in [7, 11) is -3.06. The Labute approximate surface area is 93.7 Å². The van der Waals surface area contributed by atoms with Crippen LogP contribution in [0.4, 0.5) is 4.79 Å². The predicted molar refractivity (Wildman–Crippen MR) is 54.3 cm³/mol. The zero-order valence-electron chi connectivity index (χ0n) is 8.63. The number of amides is 1. The highest BCUT2D eigenvalue weighted by Gasteiger charge is 2.41. The first-order valence-corrected chi connectivity index (χ1v) is 6.91. The number of rotatable bonds is 1. The second-order valence-electron chi connectivity index (χ2n) is 4.01. The average molecular weight is 244 g/mol. The second-order valence-corrected chi connectivity index (χ2v) is 6.24. The minimum absolute atomic E-state index is 0.0553. The van der Waals surface area contributed by atoms with E-state index >= 15 is 0 Å². The van der Waals surface area contributed by atoms with Crippen LogP contribution in [-0.4, -0.2) is 49.6 Å². The molecule has 0 aromatic heterocycles. The van der Waals surface area contributed by atoms with Crippen molar-refractivity contribution in [3.05, 3.63) is 0 Å². The van der Waals surface area contributed by atoms with E-state index < -0.39 is 28.0 Å². The number of carbonyl (C=O) groups is 1. The molecule has 2 aliphatic heterocycles. The van der Waals surface area contributed by atoms with Crippen molar-refractivity contribution in [1.29, 1.82) is 5.26 Å². The molecule has 0 aromatic rings. The Morgan fingerprint density at radius 1 is 1.44 bits per heavy atom. The Kier molecular flexibility index (Phi) is 2.76. The Morgan fingerprint density at radius 3 is 2.75 bits per heavy atom. The number of carbonyl (C=O) groups excluding carboxylic acids is 1. The van der Waals surface area contributed by atoms with Crippen LogP contribution in [0.25, 0.3) is 0 Å².